The zero-order chi connectivity index (χ0) is 22.2. The lowest BCUT2D eigenvalue weighted by molar-refractivity contribution is -0.141. The van der Waals surface area contributed by atoms with Gasteiger partial charge in [0.1, 0.15) is 6.04 Å². The first kappa shape index (κ1) is 22.0. The topological polar surface area (TPSA) is 83.5 Å². The summed E-state index contributed by atoms with van der Waals surface area (Å²) in [6.07, 6.45) is 0.352. The lowest BCUT2D eigenvalue weighted by atomic mass is 9.90. The maximum Gasteiger partial charge on any atom is 0.325 e. The van der Waals surface area contributed by atoms with Crippen molar-refractivity contribution >= 4 is 17.7 Å². The van der Waals surface area contributed by atoms with E-state index in [1.807, 2.05) is 72.8 Å². The van der Waals surface area contributed by atoms with Crippen molar-refractivity contribution in [3.63, 3.8) is 0 Å². The lowest BCUT2D eigenvalue weighted by Crippen LogP contribution is -2.42. The Labute approximate surface area is 181 Å². The normalized spacial score (nSPS) is 12.5. The molecule has 2 atom stereocenters. The molecule has 0 aromatic heterocycles. The Morgan fingerprint density at radius 3 is 1.94 bits per heavy atom. The van der Waals surface area contributed by atoms with Crippen LogP contribution in [0.25, 0.3) is 11.1 Å². The molecule has 5 nitrogen and oxygen atoms in total. The maximum absolute atomic E-state index is 12.9. The molecule has 0 bridgehead atoms. The Hall–Kier alpha value is -3.73. The number of rotatable bonds is 9. The van der Waals surface area contributed by atoms with Crippen molar-refractivity contribution in [2.45, 2.75) is 25.8 Å². The number of ketones is 1. The van der Waals surface area contributed by atoms with Crippen LogP contribution >= 0.6 is 0 Å². The van der Waals surface area contributed by atoms with Crippen molar-refractivity contribution in [2.24, 2.45) is 5.92 Å². The van der Waals surface area contributed by atoms with Crippen LogP contribution in [0.1, 0.15) is 29.3 Å². The van der Waals surface area contributed by atoms with Crippen molar-refractivity contribution in [1.82, 2.24) is 5.32 Å². The van der Waals surface area contributed by atoms with E-state index in [9.17, 15) is 14.4 Å². The van der Waals surface area contributed by atoms with Crippen LogP contribution in [0.4, 0.5) is 0 Å². The van der Waals surface area contributed by atoms with Crippen molar-refractivity contribution < 1.29 is 19.5 Å². The highest BCUT2D eigenvalue weighted by atomic mass is 16.4. The van der Waals surface area contributed by atoms with Crippen LogP contribution in [-0.2, 0) is 16.0 Å². The highest BCUT2D eigenvalue weighted by molar-refractivity contribution is 5.99. The zero-order valence-electron chi connectivity index (χ0n) is 17.3. The molecule has 1 amide bonds. The van der Waals surface area contributed by atoms with Crippen molar-refractivity contribution in [2.75, 3.05) is 0 Å². The molecule has 0 aliphatic heterocycles. The van der Waals surface area contributed by atoms with Gasteiger partial charge in [0, 0.05) is 17.9 Å². The fourth-order valence-electron chi connectivity index (χ4n) is 3.37. The van der Waals surface area contributed by atoms with Crippen molar-refractivity contribution in [1.29, 1.82) is 0 Å². The fourth-order valence-corrected chi connectivity index (χ4v) is 3.37. The molecular weight excluding hydrogens is 390 g/mol. The van der Waals surface area contributed by atoms with Crippen LogP contribution in [0.3, 0.4) is 0 Å². The molecule has 0 unspecified atom stereocenters. The van der Waals surface area contributed by atoms with Gasteiger partial charge in [0.25, 0.3) is 0 Å². The molecule has 0 heterocycles. The average molecular weight is 415 g/mol. The summed E-state index contributed by atoms with van der Waals surface area (Å²) < 4.78 is 0. The predicted octanol–water partition coefficient (Wildman–Crippen LogP) is 4.37. The number of benzene rings is 3. The van der Waals surface area contributed by atoms with Gasteiger partial charge in [-0.05, 0) is 30.0 Å². The Kier molecular flexibility index (Phi) is 7.33. The van der Waals surface area contributed by atoms with Crippen LogP contribution in [-0.4, -0.2) is 28.8 Å². The van der Waals surface area contributed by atoms with Gasteiger partial charge < -0.3 is 10.4 Å². The largest absolute Gasteiger partial charge is 0.480 e. The molecule has 0 radical (unpaired) electrons. The third-order valence-corrected chi connectivity index (χ3v) is 5.17. The maximum atomic E-state index is 12.9. The average Bonchev–Trinajstić information content (AvgIpc) is 2.79. The molecule has 0 spiro atoms. The Balaban J connectivity index is 1.75. The first-order chi connectivity index (χ1) is 14.9. The summed E-state index contributed by atoms with van der Waals surface area (Å²) in [5, 5.41) is 11.6. The van der Waals surface area contributed by atoms with E-state index in [-0.39, 0.29) is 12.2 Å². The van der Waals surface area contributed by atoms with Crippen molar-refractivity contribution in [3.05, 3.63) is 96.1 Å². The number of hydrogen-bond acceptors (Lipinski definition) is 3. The number of Topliss-reactive ketones (excluding diaryl/α,β-unsaturated/α-hetero) is 1. The zero-order valence-corrected chi connectivity index (χ0v) is 17.3. The van der Waals surface area contributed by atoms with E-state index in [1.54, 1.807) is 12.1 Å². The molecule has 0 saturated carbocycles. The second kappa shape index (κ2) is 10.3. The molecule has 3 aromatic rings. The number of hydrogen-bond donors (Lipinski definition) is 2. The first-order valence-corrected chi connectivity index (χ1v) is 10.2. The lowest BCUT2D eigenvalue weighted by Gasteiger charge is -2.18. The number of aliphatic carboxylic acids is 1. The summed E-state index contributed by atoms with van der Waals surface area (Å²) in [4.78, 5) is 36.8. The molecule has 2 N–H and O–H groups in total. The number of amides is 1. The molecule has 0 saturated heterocycles. The SMILES string of the molecule is C[C@H](NC(=O)[C@H](CC(=O)c1ccc(-c2ccccc2)cc1)Cc1ccccc1)C(=O)O. The second-order valence-corrected chi connectivity index (χ2v) is 7.53. The van der Waals surface area contributed by atoms with Gasteiger partial charge in [-0.1, -0.05) is 84.9 Å². The van der Waals surface area contributed by atoms with E-state index >= 15 is 0 Å². The standard InChI is InChI=1S/C26H25NO4/c1-18(26(30)31)27-25(29)23(16-19-8-4-2-5-9-19)17-24(28)22-14-12-21(13-15-22)20-10-6-3-7-11-20/h2-15,18,23H,16-17H2,1H3,(H,27,29)(H,30,31)/t18-,23-/m0/s1. The van der Waals surface area contributed by atoms with Gasteiger partial charge in [0.15, 0.2) is 5.78 Å². The van der Waals surface area contributed by atoms with E-state index in [0.29, 0.717) is 12.0 Å². The van der Waals surface area contributed by atoms with Gasteiger partial charge in [-0.2, -0.15) is 0 Å². The second-order valence-electron chi connectivity index (χ2n) is 7.53. The molecule has 0 aliphatic rings. The van der Waals surface area contributed by atoms with Gasteiger partial charge >= 0.3 is 5.97 Å². The summed E-state index contributed by atoms with van der Waals surface area (Å²) in [5.74, 6) is -2.37. The summed E-state index contributed by atoms with van der Waals surface area (Å²) in [5.41, 5.74) is 3.51. The van der Waals surface area contributed by atoms with Crippen molar-refractivity contribution in [3.8, 4) is 11.1 Å². The molecule has 0 fully saturated rings. The Morgan fingerprint density at radius 2 is 1.35 bits per heavy atom. The molecular formula is C26H25NO4. The van der Waals surface area contributed by atoms with Gasteiger partial charge in [-0.3, -0.25) is 14.4 Å². The molecule has 3 aromatic carbocycles. The Morgan fingerprint density at radius 1 is 0.806 bits per heavy atom. The first-order valence-electron chi connectivity index (χ1n) is 10.2. The molecule has 158 valence electrons. The van der Waals surface area contributed by atoms with Crippen LogP contribution < -0.4 is 5.32 Å². The third-order valence-electron chi connectivity index (χ3n) is 5.17. The summed E-state index contributed by atoms with van der Waals surface area (Å²) >= 11 is 0. The Bertz CT molecular complexity index is 1030. The van der Waals surface area contributed by atoms with E-state index in [1.165, 1.54) is 6.92 Å². The van der Waals surface area contributed by atoms with E-state index in [0.717, 1.165) is 16.7 Å². The van der Waals surface area contributed by atoms with Crippen LogP contribution in [0.2, 0.25) is 0 Å². The molecule has 3 rings (SSSR count). The fraction of sp³-hybridized carbons (Fsp3) is 0.192. The van der Waals surface area contributed by atoms with Gasteiger partial charge in [-0.25, -0.2) is 0 Å². The van der Waals surface area contributed by atoms with Gasteiger partial charge in [-0.15, -0.1) is 0 Å². The smallest absolute Gasteiger partial charge is 0.325 e. The minimum atomic E-state index is -1.12. The summed E-state index contributed by atoms with van der Waals surface area (Å²) in [6, 6.07) is 25.6. The summed E-state index contributed by atoms with van der Waals surface area (Å²) in [6.45, 7) is 1.41. The highest BCUT2D eigenvalue weighted by Gasteiger charge is 2.25. The number of carboxylic acid groups (broad SMARTS) is 1. The minimum Gasteiger partial charge on any atom is -0.480 e. The third kappa shape index (κ3) is 6.12. The highest BCUT2D eigenvalue weighted by Crippen LogP contribution is 2.21. The van der Waals surface area contributed by atoms with Crippen LogP contribution in [0.15, 0.2) is 84.9 Å². The number of carboxylic acids is 1. The predicted molar refractivity (Wildman–Crippen MR) is 120 cm³/mol. The number of carbonyl (C=O) groups excluding carboxylic acids is 2. The monoisotopic (exact) mass is 415 g/mol. The van der Waals surface area contributed by atoms with E-state index in [2.05, 4.69) is 5.32 Å². The number of carbonyl (C=O) groups is 3. The van der Waals surface area contributed by atoms with E-state index < -0.39 is 23.8 Å². The molecule has 5 heteroatoms. The van der Waals surface area contributed by atoms with Crippen LogP contribution in [0.5, 0.6) is 0 Å². The number of nitrogens with one attached hydrogen (secondary N) is 1. The van der Waals surface area contributed by atoms with Gasteiger partial charge in [0.05, 0.1) is 0 Å². The molecule has 31 heavy (non-hydrogen) atoms. The van der Waals surface area contributed by atoms with E-state index in [4.69, 9.17) is 5.11 Å². The van der Waals surface area contributed by atoms with Crippen LogP contribution in [0, 0.1) is 5.92 Å². The molecule has 0 aliphatic carbocycles. The quantitative estimate of drug-likeness (QED) is 0.508. The summed E-state index contributed by atoms with van der Waals surface area (Å²) in [7, 11) is 0. The minimum absolute atomic E-state index is 0.00223. The van der Waals surface area contributed by atoms with Gasteiger partial charge in [0.2, 0.25) is 5.91 Å².